The molecule has 0 saturated heterocycles. The van der Waals surface area contributed by atoms with E-state index in [4.69, 9.17) is 10.8 Å². The van der Waals surface area contributed by atoms with Crippen LogP contribution in [0.4, 0.5) is 0 Å². The standard InChI is InChI=1S/C5H10NO2.2HI.H2N.Pt/c6-3-1-2-5(8)4-7;;;;/h6-7H,1-4H2;2*1H;1H2;/q-1;;;-1;+4/p-2. The molecule has 0 saturated carbocycles. The van der Waals surface area contributed by atoms with Gasteiger partial charge in [0.25, 0.3) is 0 Å². The zero-order valence-corrected chi connectivity index (χ0v) is 12.9. The second-order valence-corrected chi connectivity index (χ2v) is 18.2. The van der Waals surface area contributed by atoms with Gasteiger partial charge in [-0.2, -0.15) is 6.54 Å². The van der Waals surface area contributed by atoms with Crippen LogP contribution in [0, 0.1) is 0 Å². The van der Waals surface area contributed by atoms with Gasteiger partial charge in [0, 0.05) is 6.42 Å². The molecule has 0 aromatic carbocycles. The Hall–Kier alpha value is 1.70. The first-order valence-electron chi connectivity index (χ1n) is 2.82. The van der Waals surface area contributed by atoms with Crippen LogP contribution in [-0.4, -0.2) is 24.0 Å². The molecular formula is C5H12I2N2O2Pt. The van der Waals surface area contributed by atoms with Crippen molar-refractivity contribution in [3.8, 4) is 0 Å². The van der Waals surface area contributed by atoms with Gasteiger partial charge < -0.3 is 17.0 Å². The summed E-state index contributed by atoms with van der Waals surface area (Å²) in [6.07, 6.45) is 0.916. The third-order valence-electron chi connectivity index (χ3n) is 0.809. The number of ketones is 1. The number of halogens is 2. The molecule has 0 aliphatic carbocycles. The van der Waals surface area contributed by atoms with E-state index in [2.05, 4.69) is 38.7 Å². The van der Waals surface area contributed by atoms with Crippen LogP contribution in [0.25, 0.3) is 11.9 Å². The summed E-state index contributed by atoms with van der Waals surface area (Å²) in [6.45, 7) is -0.105. The van der Waals surface area contributed by atoms with E-state index in [1.807, 2.05) is 0 Å². The molecule has 0 aromatic heterocycles. The Bertz CT molecular complexity index is 97.5. The molecule has 0 unspecified atom stereocenters. The number of carbonyl (C=O) groups is 1. The number of hydrogen-bond donors (Lipinski definition) is 1. The smallest absolute Gasteiger partial charge is 0.158 e. The van der Waals surface area contributed by atoms with Crippen LogP contribution in [0.2, 0.25) is 0 Å². The fourth-order valence-electron chi connectivity index (χ4n) is 0.365. The predicted molar refractivity (Wildman–Crippen MR) is 63.8 cm³/mol. The maximum atomic E-state index is 10.2. The van der Waals surface area contributed by atoms with Crippen molar-refractivity contribution in [3.63, 3.8) is 0 Å². The van der Waals surface area contributed by atoms with E-state index in [1.54, 1.807) is 0 Å². The van der Waals surface area contributed by atoms with Crippen molar-refractivity contribution in [3.05, 3.63) is 11.9 Å². The van der Waals surface area contributed by atoms with Crippen LogP contribution in [0.1, 0.15) is 12.8 Å². The van der Waals surface area contributed by atoms with Crippen molar-refractivity contribution in [1.82, 2.24) is 0 Å². The Labute approximate surface area is 102 Å². The maximum Gasteiger partial charge on any atom is 0.158 e. The molecule has 0 bridgehead atoms. The number of aliphatic hydroxyl groups is 1. The van der Waals surface area contributed by atoms with Gasteiger partial charge in [0.05, 0.1) is 0 Å². The summed E-state index contributed by atoms with van der Waals surface area (Å²) in [7, 11) is 0. The SMILES string of the molecule is [I][Pt+2][I].[NH-]CCCC(=O)CO.[NH2-]. The average Bonchev–Trinajstić information content (AvgIpc) is 2.02. The minimum atomic E-state index is -0.375. The van der Waals surface area contributed by atoms with Crippen LogP contribution in [0.5, 0.6) is 0 Å². The number of hydrogen-bond acceptors (Lipinski definition) is 2. The Balaban J connectivity index is -0.000000177. The van der Waals surface area contributed by atoms with E-state index < -0.39 is 0 Å². The first kappa shape index (κ1) is 19.3. The molecule has 4 N–H and O–H groups in total. The predicted octanol–water partition coefficient (Wildman–Crippen LogP) is 2.87. The zero-order valence-electron chi connectivity index (χ0n) is 6.33. The van der Waals surface area contributed by atoms with Crippen molar-refractivity contribution in [2.75, 3.05) is 13.2 Å². The van der Waals surface area contributed by atoms with Gasteiger partial charge in [-0.1, -0.05) is 6.42 Å². The molecule has 78 valence electrons. The second kappa shape index (κ2) is 18.5. The summed E-state index contributed by atoms with van der Waals surface area (Å²) in [5.41, 5.74) is 6.64. The van der Waals surface area contributed by atoms with E-state index in [9.17, 15) is 4.79 Å². The van der Waals surface area contributed by atoms with Crippen molar-refractivity contribution < 1.29 is 21.1 Å². The Morgan fingerprint density at radius 2 is 1.92 bits per heavy atom. The first-order valence-corrected chi connectivity index (χ1v) is 15.7. The normalized spacial score (nSPS) is 8.00. The minimum Gasteiger partial charge on any atom is -0.693 e. The molecule has 0 aliphatic heterocycles. The van der Waals surface area contributed by atoms with E-state index >= 15 is 0 Å². The molecule has 12 heavy (non-hydrogen) atoms. The minimum absolute atomic E-state index is 0. The summed E-state index contributed by atoms with van der Waals surface area (Å²) >= 11 is 5.30. The fraction of sp³-hybridized carbons (Fsp3) is 0.800. The molecule has 0 spiro atoms. The van der Waals surface area contributed by atoms with E-state index in [0.717, 1.165) is 0 Å². The molecule has 0 aliphatic rings. The van der Waals surface area contributed by atoms with Gasteiger partial charge in [-0.3, -0.25) is 4.79 Å². The van der Waals surface area contributed by atoms with Gasteiger partial charge in [-0.05, 0) is 0 Å². The fourth-order valence-corrected chi connectivity index (χ4v) is 0.365. The first-order chi connectivity index (χ1) is 5.22. The van der Waals surface area contributed by atoms with Crippen molar-refractivity contribution in [1.29, 1.82) is 0 Å². The zero-order chi connectivity index (χ0) is 9.11. The van der Waals surface area contributed by atoms with Gasteiger partial charge >= 0.3 is 49.9 Å². The molecule has 0 radical (unpaired) electrons. The molecule has 0 amide bonds. The topological polar surface area (TPSA) is 94.6 Å². The molecule has 0 atom stereocenters. The van der Waals surface area contributed by atoms with Gasteiger partial charge in [0.2, 0.25) is 0 Å². The molecule has 0 fully saturated rings. The number of nitrogens with two attached hydrogens (primary N) is 1. The van der Waals surface area contributed by atoms with Crippen LogP contribution < -0.4 is 0 Å². The summed E-state index contributed by atoms with van der Waals surface area (Å²) in [5.74, 6) is -0.169. The summed E-state index contributed by atoms with van der Waals surface area (Å²) in [5, 5.41) is 8.15. The van der Waals surface area contributed by atoms with Crippen molar-refractivity contribution in [2.45, 2.75) is 12.8 Å². The molecule has 7 heteroatoms. The quantitative estimate of drug-likeness (QED) is 0.518. The molecule has 0 aromatic rings. The Morgan fingerprint density at radius 3 is 2.17 bits per heavy atom. The van der Waals surface area contributed by atoms with E-state index in [0.29, 0.717) is 24.0 Å². The molecular weight excluding hydrogens is 569 g/mol. The second-order valence-electron chi connectivity index (χ2n) is 1.60. The van der Waals surface area contributed by atoms with Gasteiger partial charge in [0.15, 0.2) is 5.78 Å². The Morgan fingerprint density at radius 1 is 1.50 bits per heavy atom. The maximum absolute atomic E-state index is 10.2. The Kier molecular flexibility index (Phi) is 29.7. The number of Topliss-reactive ketones (excluding diaryl/α,β-unsaturated/α-hetero) is 1. The van der Waals surface area contributed by atoms with Crippen molar-refractivity contribution >= 4 is 44.5 Å². The summed E-state index contributed by atoms with van der Waals surface area (Å²) in [6, 6.07) is 0. The van der Waals surface area contributed by atoms with Gasteiger partial charge in [-0.15, -0.1) is 0 Å². The number of nitrogens with one attached hydrogen (secondary N) is 1. The number of carbonyl (C=O) groups excluding carboxylic acids is 1. The molecule has 0 rings (SSSR count). The average molecular weight is 581 g/mol. The summed E-state index contributed by atoms with van der Waals surface area (Å²) in [4.78, 5) is 10.2. The largest absolute Gasteiger partial charge is 0.693 e. The van der Waals surface area contributed by atoms with Gasteiger partial charge in [-0.25, -0.2) is 0 Å². The van der Waals surface area contributed by atoms with Crippen LogP contribution >= 0.6 is 38.7 Å². The molecule has 4 nitrogen and oxygen atoms in total. The van der Waals surface area contributed by atoms with Crippen LogP contribution in [-0.2, 0) is 16.0 Å². The van der Waals surface area contributed by atoms with Crippen molar-refractivity contribution in [2.24, 2.45) is 0 Å². The number of aliphatic hydroxyl groups excluding tert-OH is 1. The van der Waals surface area contributed by atoms with Gasteiger partial charge in [0.1, 0.15) is 6.61 Å². The number of rotatable bonds is 4. The van der Waals surface area contributed by atoms with E-state index in [-0.39, 0.29) is 25.1 Å². The third kappa shape index (κ3) is 22.6. The van der Waals surface area contributed by atoms with Crippen LogP contribution in [0.15, 0.2) is 0 Å². The summed E-state index contributed by atoms with van der Waals surface area (Å²) < 4.78 is 0. The molecule has 0 heterocycles. The van der Waals surface area contributed by atoms with E-state index in [1.165, 1.54) is 0 Å². The third-order valence-corrected chi connectivity index (χ3v) is 0.809. The monoisotopic (exact) mass is 581 g/mol. The van der Waals surface area contributed by atoms with Crippen LogP contribution in [0.3, 0.4) is 0 Å².